The SMILES string of the molecule is C[C@@H]1C[C@@H](C)CN(CCCNC(=S)Nc2ccc(F)cc2F)C1. The Bertz CT molecular complexity index is 529. The smallest absolute Gasteiger partial charge is 0.170 e. The lowest BCUT2D eigenvalue weighted by Crippen LogP contribution is -2.40. The van der Waals surface area contributed by atoms with Crippen molar-refractivity contribution >= 4 is 23.0 Å². The van der Waals surface area contributed by atoms with Gasteiger partial charge < -0.3 is 15.5 Å². The van der Waals surface area contributed by atoms with Gasteiger partial charge in [0.15, 0.2) is 5.11 Å². The zero-order valence-corrected chi connectivity index (χ0v) is 14.6. The molecule has 0 radical (unpaired) electrons. The van der Waals surface area contributed by atoms with Crippen LogP contribution in [0.4, 0.5) is 14.5 Å². The van der Waals surface area contributed by atoms with Gasteiger partial charge in [-0.2, -0.15) is 0 Å². The first kappa shape index (κ1) is 18.1. The molecule has 1 saturated heterocycles. The highest BCUT2D eigenvalue weighted by atomic mass is 32.1. The van der Waals surface area contributed by atoms with Crippen LogP contribution in [0.5, 0.6) is 0 Å². The molecule has 128 valence electrons. The molecule has 1 heterocycles. The minimum atomic E-state index is -0.648. The van der Waals surface area contributed by atoms with E-state index in [4.69, 9.17) is 12.2 Å². The van der Waals surface area contributed by atoms with Crippen LogP contribution in [0.2, 0.25) is 0 Å². The van der Waals surface area contributed by atoms with Crippen LogP contribution < -0.4 is 10.6 Å². The fourth-order valence-corrected chi connectivity index (χ4v) is 3.45. The number of benzene rings is 1. The number of piperidine rings is 1. The molecule has 0 unspecified atom stereocenters. The summed E-state index contributed by atoms with van der Waals surface area (Å²) in [6, 6.07) is 3.38. The summed E-state index contributed by atoms with van der Waals surface area (Å²) in [5.41, 5.74) is 0.183. The number of halogens is 2. The van der Waals surface area contributed by atoms with Gasteiger partial charge in [-0.15, -0.1) is 0 Å². The number of nitrogens with zero attached hydrogens (tertiary/aromatic N) is 1. The van der Waals surface area contributed by atoms with E-state index >= 15 is 0 Å². The molecule has 1 fully saturated rings. The highest BCUT2D eigenvalue weighted by Crippen LogP contribution is 2.20. The lowest BCUT2D eigenvalue weighted by molar-refractivity contribution is 0.140. The Hall–Kier alpha value is -1.27. The molecular formula is C17H25F2N3S. The van der Waals surface area contributed by atoms with E-state index in [0.717, 1.165) is 50.5 Å². The first-order chi connectivity index (χ1) is 10.9. The summed E-state index contributed by atoms with van der Waals surface area (Å²) in [7, 11) is 0. The summed E-state index contributed by atoms with van der Waals surface area (Å²) >= 11 is 5.14. The van der Waals surface area contributed by atoms with Crippen LogP contribution in [0.3, 0.4) is 0 Å². The van der Waals surface area contributed by atoms with Gasteiger partial charge in [-0.25, -0.2) is 8.78 Å². The Labute approximate surface area is 142 Å². The first-order valence-corrected chi connectivity index (χ1v) is 8.57. The first-order valence-electron chi connectivity index (χ1n) is 8.16. The van der Waals surface area contributed by atoms with Crippen molar-refractivity contribution in [3.63, 3.8) is 0 Å². The number of likely N-dealkylation sites (tertiary alicyclic amines) is 1. The second-order valence-corrected chi connectivity index (χ2v) is 6.97. The van der Waals surface area contributed by atoms with Gasteiger partial charge in [0.2, 0.25) is 0 Å². The van der Waals surface area contributed by atoms with E-state index < -0.39 is 11.6 Å². The van der Waals surface area contributed by atoms with Crippen molar-refractivity contribution in [1.82, 2.24) is 10.2 Å². The normalized spacial score (nSPS) is 21.9. The molecule has 2 rings (SSSR count). The van der Waals surface area contributed by atoms with Gasteiger partial charge in [-0.1, -0.05) is 13.8 Å². The standard InChI is InChI=1S/C17H25F2N3S/c1-12-8-13(2)11-22(10-12)7-3-6-20-17(23)21-16-5-4-14(18)9-15(16)19/h4-5,9,12-13H,3,6-8,10-11H2,1-2H3,(H2,20,21,23)/t12-,13-/m1/s1. The maximum absolute atomic E-state index is 13.5. The molecule has 2 atom stereocenters. The molecule has 6 heteroatoms. The van der Waals surface area contributed by atoms with E-state index in [1.54, 1.807) is 0 Å². The minimum Gasteiger partial charge on any atom is -0.362 e. The molecule has 0 spiro atoms. The van der Waals surface area contributed by atoms with Crippen molar-refractivity contribution in [2.24, 2.45) is 11.8 Å². The van der Waals surface area contributed by atoms with Crippen LogP contribution in [-0.4, -0.2) is 36.2 Å². The van der Waals surface area contributed by atoms with Gasteiger partial charge in [0.05, 0.1) is 5.69 Å². The van der Waals surface area contributed by atoms with Crippen LogP contribution in [0.15, 0.2) is 18.2 Å². The van der Waals surface area contributed by atoms with Crippen LogP contribution in [-0.2, 0) is 0 Å². The van der Waals surface area contributed by atoms with Gasteiger partial charge in [0, 0.05) is 25.7 Å². The van der Waals surface area contributed by atoms with Crippen LogP contribution in [0.25, 0.3) is 0 Å². The van der Waals surface area contributed by atoms with Gasteiger partial charge in [0.25, 0.3) is 0 Å². The lowest BCUT2D eigenvalue weighted by atomic mass is 9.92. The highest BCUT2D eigenvalue weighted by molar-refractivity contribution is 7.80. The molecular weight excluding hydrogens is 316 g/mol. The topological polar surface area (TPSA) is 27.3 Å². The van der Waals surface area contributed by atoms with Crippen molar-refractivity contribution < 1.29 is 8.78 Å². The Morgan fingerprint density at radius 3 is 2.61 bits per heavy atom. The maximum atomic E-state index is 13.5. The lowest BCUT2D eigenvalue weighted by Gasteiger charge is -2.34. The van der Waals surface area contributed by atoms with E-state index in [2.05, 4.69) is 29.4 Å². The second kappa shape index (κ2) is 8.55. The average molecular weight is 341 g/mol. The van der Waals surface area contributed by atoms with E-state index in [0.29, 0.717) is 5.11 Å². The van der Waals surface area contributed by atoms with Crippen LogP contribution >= 0.6 is 12.2 Å². The maximum Gasteiger partial charge on any atom is 0.170 e. The molecule has 1 aromatic carbocycles. The second-order valence-electron chi connectivity index (χ2n) is 6.56. The summed E-state index contributed by atoms with van der Waals surface area (Å²) in [5.74, 6) is 0.272. The third-order valence-corrected chi connectivity index (χ3v) is 4.31. The molecule has 0 bridgehead atoms. The number of nitrogens with one attached hydrogen (secondary N) is 2. The van der Waals surface area contributed by atoms with E-state index in [1.165, 1.54) is 18.6 Å². The third kappa shape index (κ3) is 6.03. The summed E-state index contributed by atoms with van der Waals surface area (Å²) in [6.07, 6.45) is 2.29. The number of thiocarbonyl (C=S) groups is 1. The quantitative estimate of drug-likeness (QED) is 0.632. The van der Waals surface area contributed by atoms with Crippen molar-refractivity contribution in [1.29, 1.82) is 0 Å². The van der Waals surface area contributed by atoms with Gasteiger partial charge >= 0.3 is 0 Å². The van der Waals surface area contributed by atoms with Crippen molar-refractivity contribution in [3.8, 4) is 0 Å². The molecule has 1 aromatic rings. The summed E-state index contributed by atoms with van der Waals surface area (Å²) in [6.45, 7) is 8.69. The fraction of sp³-hybridized carbons (Fsp3) is 0.588. The molecule has 0 amide bonds. The predicted molar refractivity (Wildman–Crippen MR) is 94.6 cm³/mol. The van der Waals surface area contributed by atoms with E-state index in [9.17, 15) is 8.78 Å². The fourth-order valence-electron chi connectivity index (χ4n) is 3.24. The van der Waals surface area contributed by atoms with E-state index in [1.807, 2.05) is 0 Å². The molecule has 1 aliphatic rings. The summed E-state index contributed by atoms with van der Waals surface area (Å²) < 4.78 is 26.4. The Morgan fingerprint density at radius 2 is 1.96 bits per heavy atom. The molecule has 2 N–H and O–H groups in total. The van der Waals surface area contributed by atoms with E-state index in [-0.39, 0.29) is 5.69 Å². The predicted octanol–water partition coefficient (Wildman–Crippen LogP) is 3.62. The zero-order chi connectivity index (χ0) is 16.8. The summed E-state index contributed by atoms with van der Waals surface area (Å²) in [4.78, 5) is 2.50. The number of rotatable bonds is 5. The third-order valence-electron chi connectivity index (χ3n) is 4.06. The molecule has 1 aliphatic heterocycles. The number of anilines is 1. The average Bonchev–Trinajstić information content (AvgIpc) is 2.46. The highest BCUT2D eigenvalue weighted by Gasteiger charge is 2.20. The molecule has 0 saturated carbocycles. The molecule has 3 nitrogen and oxygen atoms in total. The Kier molecular flexibility index (Phi) is 6.72. The minimum absolute atomic E-state index is 0.183. The van der Waals surface area contributed by atoms with Crippen LogP contribution in [0.1, 0.15) is 26.7 Å². The number of hydrogen-bond acceptors (Lipinski definition) is 2. The number of hydrogen-bond donors (Lipinski definition) is 2. The van der Waals surface area contributed by atoms with Crippen molar-refractivity contribution in [3.05, 3.63) is 29.8 Å². The van der Waals surface area contributed by atoms with Gasteiger partial charge in [0.1, 0.15) is 11.6 Å². The summed E-state index contributed by atoms with van der Waals surface area (Å²) in [5, 5.41) is 6.18. The van der Waals surface area contributed by atoms with Gasteiger partial charge in [-0.3, -0.25) is 0 Å². The molecule has 23 heavy (non-hydrogen) atoms. The Morgan fingerprint density at radius 1 is 1.26 bits per heavy atom. The van der Waals surface area contributed by atoms with Gasteiger partial charge in [-0.05, 0) is 55.6 Å². The van der Waals surface area contributed by atoms with Crippen molar-refractivity contribution in [2.75, 3.05) is 31.5 Å². The molecule has 0 aliphatic carbocycles. The Balaban J connectivity index is 1.67. The zero-order valence-electron chi connectivity index (χ0n) is 13.7. The molecule has 0 aromatic heterocycles. The monoisotopic (exact) mass is 341 g/mol. The largest absolute Gasteiger partial charge is 0.362 e. The van der Waals surface area contributed by atoms with Crippen molar-refractivity contribution in [2.45, 2.75) is 26.7 Å². The van der Waals surface area contributed by atoms with Crippen LogP contribution in [0, 0.1) is 23.5 Å².